The summed E-state index contributed by atoms with van der Waals surface area (Å²) in [7, 11) is 4.90. The largest absolute Gasteiger partial charge is 0.343 e. The lowest BCUT2D eigenvalue weighted by molar-refractivity contribution is 0.538. The maximum Gasteiger partial charge on any atom is 0.0769 e. The fourth-order valence-electron chi connectivity index (χ4n) is 24.1. The van der Waals surface area contributed by atoms with Crippen LogP contribution < -0.4 is 0 Å². The first-order chi connectivity index (χ1) is 50.8. The molecule has 5 heterocycles. The van der Waals surface area contributed by atoms with Crippen LogP contribution in [0.2, 0.25) is 0 Å². The lowest BCUT2D eigenvalue weighted by Gasteiger charge is -2.39. The smallest absolute Gasteiger partial charge is 0.0769 e. The second kappa shape index (κ2) is 28.1. The maximum absolute atomic E-state index is 6.86. The Morgan fingerprint density at radius 1 is 0.149 bits per heavy atom. The highest BCUT2D eigenvalue weighted by molar-refractivity contribution is 6.11. The summed E-state index contributed by atoms with van der Waals surface area (Å²) in [6.07, 6.45) is 0. The molecule has 0 fully saturated rings. The molecular weight excluding hydrogens is 1380 g/mol. The third kappa shape index (κ3) is 14.5. The van der Waals surface area contributed by atoms with Gasteiger partial charge in [0.2, 0.25) is 0 Å². The van der Waals surface area contributed by atoms with Crippen LogP contribution >= 0.6 is 0 Å². The number of aromatic nitrogens is 4. The molecule has 0 radical (unpaired) electrons. The molecule has 114 heavy (non-hydrogen) atoms. The van der Waals surface area contributed by atoms with Gasteiger partial charge in [0.1, 0.15) is 0 Å². The molecule has 4 aromatic carbocycles. The van der Waals surface area contributed by atoms with Crippen molar-refractivity contribution in [1.29, 1.82) is 0 Å². The van der Waals surface area contributed by atoms with Crippen molar-refractivity contribution in [2.24, 2.45) is 14.1 Å². The number of fused-ring (bicyclic) bond motifs is 8. The van der Waals surface area contributed by atoms with Crippen LogP contribution in [0.5, 0.6) is 0 Å². The molecule has 622 valence electrons. The summed E-state index contributed by atoms with van der Waals surface area (Å²) >= 11 is 0. The topological polar surface area (TPSA) is 35.6 Å². The van der Waals surface area contributed by atoms with Crippen LogP contribution in [0.4, 0.5) is 0 Å². The molecule has 0 N–H and O–H groups in total. The number of hydrogen-bond acceptors (Lipinski definition) is 2. The van der Waals surface area contributed by atoms with Crippen molar-refractivity contribution in [2.45, 2.75) is 425 Å². The Labute approximate surface area is 699 Å². The lowest BCUT2D eigenvalue weighted by Crippen LogP contribution is -2.28. The molecule has 0 saturated heterocycles. The average Bonchev–Trinajstić information content (AvgIpc) is 1.49. The highest BCUT2D eigenvalue weighted by atomic mass is 15.0. The van der Waals surface area contributed by atoms with Gasteiger partial charge in [0, 0.05) is 36.3 Å². The van der Waals surface area contributed by atoms with Gasteiger partial charge in [-0.2, -0.15) is 0 Å². The number of aryl methyl sites for hydroxylation is 6. The molecule has 3 aromatic heterocycles. The summed E-state index contributed by atoms with van der Waals surface area (Å²) in [5.41, 5.74) is 53.8. The quantitative estimate of drug-likeness (QED) is 0.176. The Bertz CT molecular complexity index is 4640. The van der Waals surface area contributed by atoms with E-state index in [9.17, 15) is 0 Å². The van der Waals surface area contributed by atoms with E-state index in [1.54, 1.807) is 0 Å². The number of rotatable bonds is 4. The summed E-state index contributed by atoms with van der Waals surface area (Å²) < 4.78 is 5.42. The predicted molar refractivity (Wildman–Crippen MR) is 510 cm³/mol. The van der Waals surface area contributed by atoms with Gasteiger partial charge in [0.15, 0.2) is 0 Å². The standard InChI is InChI=1S/C110H162N4/c1-55-56(2)92-76(72-85(105(35,36)37)65(11)80(100(20,21)22)66(12)86(72)106(38,39)40)96-61(7)62(8)98(114(96)54)78(74-89(109(47,48)49)69(15)82(102(26,27)28)70(16)90(74)110(50,51)52)94-58(4)57(3)93(112-94)77(73-87(107(41,42)43)67(13)81(101(23,24)25)68(14)88(73)108(44,45)46)97-60(6)59(5)95(113(97)53)75(91(55)111-92)71-83(103(29,30)31)63(9)79(99(17,18)19)64(10)84(71)104(32,33)34/h1-54H3. The zero-order valence-electron chi connectivity index (χ0n) is 83.8. The molecule has 0 atom stereocenters. The van der Waals surface area contributed by atoms with Gasteiger partial charge >= 0.3 is 0 Å². The van der Waals surface area contributed by atoms with Crippen molar-refractivity contribution >= 4 is 44.4 Å². The monoisotopic (exact) mass is 1540 g/mol. The zero-order valence-corrected chi connectivity index (χ0v) is 83.8. The summed E-state index contributed by atoms with van der Waals surface area (Å²) in [5.74, 6) is 0. The maximum atomic E-state index is 6.86. The van der Waals surface area contributed by atoms with Gasteiger partial charge in [0.05, 0.1) is 44.8 Å². The van der Waals surface area contributed by atoms with E-state index in [1.165, 1.54) is 222 Å². The van der Waals surface area contributed by atoms with Crippen molar-refractivity contribution < 1.29 is 0 Å². The van der Waals surface area contributed by atoms with E-state index < -0.39 is 0 Å². The minimum absolute atomic E-state index is 0.157. The van der Waals surface area contributed by atoms with E-state index in [0.717, 1.165) is 22.8 Å². The molecule has 0 spiro atoms. The average molecular weight is 1540 g/mol. The van der Waals surface area contributed by atoms with Crippen molar-refractivity contribution in [3.63, 3.8) is 0 Å². The Hall–Kier alpha value is -6.52. The van der Waals surface area contributed by atoms with Gasteiger partial charge in [-0.25, -0.2) is 9.97 Å². The minimum Gasteiger partial charge on any atom is -0.343 e. The summed E-state index contributed by atoms with van der Waals surface area (Å²) in [6.45, 7) is 129. The lowest BCUT2D eigenvalue weighted by atomic mass is 9.65. The van der Waals surface area contributed by atoms with Crippen LogP contribution in [0.25, 0.3) is 88.9 Å². The first-order valence-electron chi connectivity index (χ1n) is 43.7. The highest BCUT2D eigenvalue weighted by Gasteiger charge is 2.46. The third-order valence-electron chi connectivity index (χ3n) is 26.8. The number of allylic oxidation sites excluding steroid dienone is 4. The molecule has 9 rings (SSSR count). The van der Waals surface area contributed by atoms with Gasteiger partial charge < -0.3 is 9.13 Å². The fourth-order valence-corrected chi connectivity index (χ4v) is 24.1. The van der Waals surface area contributed by atoms with Crippen molar-refractivity contribution in [2.75, 3.05) is 0 Å². The van der Waals surface area contributed by atoms with E-state index in [1.807, 2.05) is 0 Å². The van der Waals surface area contributed by atoms with Gasteiger partial charge in [-0.1, -0.05) is 249 Å². The second-order valence-corrected chi connectivity index (χ2v) is 48.6. The Balaban J connectivity index is 2.01. The van der Waals surface area contributed by atoms with Gasteiger partial charge in [-0.05, 0) is 354 Å². The third-order valence-corrected chi connectivity index (χ3v) is 26.8. The summed E-state index contributed by atoms with van der Waals surface area (Å²) in [5, 5.41) is 0. The van der Waals surface area contributed by atoms with Crippen LogP contribution in [-0.4, -0.2) is 19.1 Å². The van der Waals surface area contributed by atoms with Crippen LogP contribution in [0, 0.1) is 83.1 Å². The van der Waals surface area contributed by atoms with Gasteiger partial charge in [0.25, 0.3) is 0 Å². The molecule has 7 aromatic rings. The van der Waals surface area contributed by atoms with Crippen molar-refractivity contribution in [1.82, 2.24) is 19.1 Å². The molecule has 0 unspecified atom stereocenters. The molecule has 2 aliphatic rings. The molecule has 8 bridgehead atoms. The van der Waals surface area contributed by atoms with Crippen LogP contribution in [0.1, 0.15) is 433 Å². The second-order valence-electron chi connectivity index (χ2n) is 48.6. The molecule has 4 nitrogen and oxygen atoms in total. The van der Waals surface area contributed by atoms with E-state index in [4.69, 9.17) is 9.97 Å². The van der Waals surface area contributed by atoms with E-state index >= 15 is 0 Å². The molecule has 0 saturated carbocycles. The first kappa shape index (κ1) is 91.4. The summed E-state index contributed by atoms with van der Waals surface area (Å²) in [4.78, 5) is 13.7. The normalized spacial score (nSPS) is 14.5. The van der Waals surface area contributed by atoms with Gasteiger partial charge in [-0.3, -0.25) is 0 Å². The molecule has 4 heteroatoms. The minimum atomic E-state index is -0.324. The Kier molecular flexibility index (Phi) is 22.5. The van der Waals surface area contributed by atoms with Crippen molar-refractivity contribution in [3.05, 3.63) is 156 Å². The molecule has 0 amide bonds. The Morgan fingerprint density at radius 2 is 0.254 bits per heavy atom. The van der Waals surface area contributed by atoms with Crippen LogP contribution in [0.15, 0.2) is 0 Å². The fraction of sp³-hybridized carbons (Fsp3) is 0.600. The summed E-state index contributed by atoms with van der Waals surface area (Å²) in [6, 6.07) is 0. The van der Waals surface area contributed by atoms with E-state index in [2.05, 4.69) is 383 Å². The molecule has 0 aliphatic carbocycles. The number of nitrogens with zero attached hydrogens (tertiary/aromatic N) is 4. The first-order valence-corrected chi connectivity index (χ1v) is 43.7. The van der Waals surface area contributed by atoms with Gasteiger partial charge in [-0.15, -0.1) is 0 Å². The zero-order chi connectivity index (χ0) is 88.0. The van der Waals surface area contributed by atoms with Crippen LogP contribution in [-0.2, 0) is 79.1 Å². The van der Waals surface area contributed by atoms with Crippen LogP contribution in [0.3, 0.4) is 0 Å². The predicted octanol–water partition coefficient (Wildman–Crippen LogP) is 32.2. The van der Waals surface area contributed by atoms with E-state index in [0.29, 0.717) is 0 Å². The van der Waals surface area contributed by atoms with E-state index in [-0.39, 0.29) is 65.0 Å². The van der Waals surface area contributed by atoms with Crippen molar-refractivity contribution in [3.8, 4) is 44.5 Å². The SMILES string of the molecule is CC1=C(C)c2nc1c(-c1c(C(C)(C)C)c(C)c(C(C)(C)C)c(C)c1C(C)(C)C)c1c(C)c(C)c(c(-c3c(C(C)(C)C)c(C)c(C(C)(C)C)c(C)c3C(C)(C)C)c3nc(c(-c4c(C(C)(C)C)c(C)c(C(C)(C)C)c(C)c4C(C)(C)C)c4c(C)c(C)c(c2-c2c(C(C)(C)C)c(C)c(C(C)(C)C)c(C)c2C(C)(C)C)n4C)C(C)=C3C)n1C. The molecular formula is C110H162N4. The number of benzene rings is 4. The molecule has 2 aliphatic heterocycles. The Morgan fingerprint density at radius 3 is 0.351 bits per heavy atom. The number of hydrogen-bond donors (Lipinski definition) is 0. The highest BCUT2D eigenvalue weighted by Crippen LogP contribution is 2.60.